The third-order valence-electron chi connectivity index (χ3n) is 2.96. The van der Waals surface area contributed by atoms with E-state index in [2.05, 4.69) is 34.6 Å². The predicted molar refractivity (Wildman–Crippen MR) is 70.3 cm³/mol. The summed E-state index contributed by atoms with van der Waals surface area (Å²) in [6, 6.07) is 8.23. The summed E-state index contributed by atoms with van der Waals surface area (Å²) in [4.78, 5) is 2.36. The van der Waals surface area contributed by atoms with Gasteiger partial charge in [-0.25, -0.2) is 0 Å². The molecular weight excluding hydrogens is 212 g/mol. The van der Waals surface area contributed by atoms with Crippen molar-refractivity contribution in [2.75, 3.05) is 33.3 Å². The standard InChI is InChI=1S/C14H20N2O/c1-17-14-6-2-4-13(12-14)5-3-9-16-10-7-15-8-11-16/h2-4,6,9,12,15H,5,7-8,10-11H2,1H3/b9-3+. The van der Waals surface area contributed by atoms with Crippen LogP contribution in [0.3, 0.4) is 0 Å². The monoisotopic (exact) mass is 232 g/mol. The quantitative estimate of drug-likeness (QED) is 0.854. The average molecular weight is 232 g/mol. The molecule has 0 saturated carbocycles. The number of rotatable bonds is 4. The molecular formula is C14H20N2O. The van der Waals surface area contributed by atoms with Crippen molar-refractivity contribution in [3.63, 3.8) is 0 Å². The highest BCUT2D eigenvalue weighted by Crippen LogP contribution is 2.13. The molecule has 1 aromatic rings. The molecule has 3 nitrogen and oxygen atoms in total. The Hall–Kier alpha value is -1.48. The molecule has 0 aliphatic carbocycles. The summed E-state index contributed by atoms with van der Waals surface area (Å²) in [5.74, 6) is 0.929. The van der Waals surface area contributed by atoms with Gasteiger partial charge in [0.25, 0.3) is 0 Å². The first-order chi connectivity index (χ1) is 8.38. The van der Waals surface area contributed by atoms with Crippen LogP contribution >= 0.6 is 0 Å². The summed E-state index contributed by atoms with van der Waals surface area (Å²) in [5, 5.41) is 3.35. The lowest BCUT2D eigenvalue weighted by atomic mass is 10.1. The largest absolute Gasteiger partial charge is 0.497 e. The van der Waals surface area contributed by atoms with E-state index in [0.717, 1.165) is 38.3 Å². The summed E-state index contributed by atoms with van der Waals surface area (Å²) < 4.78 is 5.21. The van der Waals surface area contributed by atoms with Crippen LogP contribution in [0.4, 0.5) is 0 Å². The number of ether oxygens (including phenoxy) is 1. The summed E-state index contributed by atoms with van der Waals surface area (Å²) in [6.45, 7) is 4.39. The molecule has 1 aliphatic rings. The second-order valence-corrected chi connectivity index (χ2v) is 4.23. The molecule has 0 atom stereocenters. The molecule has 0 radical (unpaired) electrons. The Morgan fingerprint density at radius 2 is 2.18 bits per heavy atom. The van der Waals surface area contributed by atoms with E-state index >= 15 is 0 Å². The van der Waals surface area contributed by atoms with E-state index < -0.39 is 0 Å². The van der Waals surface area contributed by atoms with Crippen molar-refractivity contribution in [3.05, 3.63) is 42.1 Å². The minimum atomic E-state index is 0.929. The van der Waals surface area contributed by atoms with Crippen LogP contribution in [0, 0.1) is 0 Å². The molecule has 1 saturated heterocycles. The topological polar surface area (TPSA) is 24.5 Å². The average Bonchev–Trinajstić information content (AvgIpc) is 2.40. The Labute approximate surface area is 103 Å². The van der Waals surface area contributed by atoms with Crippen LogP contribution in [0.2, 0.25) is 0 Å². The highest BCUT2D eigenvalue weighted by molar-refractivity contribution is 5.29. The number of methoxy groups -OCH3 is 1. The zero-order valence-electron chi connectivity index (χ0n) is 10.4. The van der Waals surface area contributed by atoms with E-state index in [1.807, 2.05) is 12.1 Å². The number of nitrogens with one attached hydrogen (secondary N) is 1. The molecule has 0 amide bonds. The molecule has 0 bridgehead atoms. The van der Waals surface area contributed by atoms with Gasteiger partial charge in [-0.05, 0) is 30.3 Å². The Bertz CT molecular complexity index is 370. The highest BCUT2D eigenvalue weighted by atomic mass is 16.5. The first-order valence-electron chi connectivity index (χ1n) is 6.13. The van der Waals surface area contributed by atoms with E-state index in [9.17, 15) is 0 Å². The fraction of sp³-hybridized carbons (Fsp3) is 0.429. The maximum absolute atomic E-state index is 5.21. The molecule has 2 rings (SSSR count). The number of allylic oxidation sites excluding steroid dienone is 1. The fourth-order valence-electron chi connectivity index (χ4n) is 1.97. The summed E-state index contributed by atoms with van der Waals surface area (Å²) in [6.07, 6.45) is 5.39. The first-order valence-corrected chi connectivity index (χ1v) is 6.13. The van der Waals surface area contributed by atoms with Crippen molar-refractivity contribution in [3.8, 4) is 5.75 Å². The van der Waals surface area contributed by atoms with Gasteiger partial charge in [-0.15, -0.1) is 0 Å². The molecule has 1 aromatic carbocycles. The number of nitrogens with zero attached hydrogens (tertiary/aromatic N) is 1. The lowest BCUT2D eigenvalue weighted by Crippen LogP contribution is -2.40. The summed E-state index contributed by atoms with van der Waals surface area (Å²) >= 11 is 0. The molecule has 1 fully saturated rings. The number of piperazine rings is 1. The molecule has 0 unspecified atom stereocenters. The lowest BCUT2D eigenvalue weighted by Gasteiger charge is -2.25. The van der Waals surface area contributed by atoms with Crippen molar-refractivity contribution in [1.82, 2.24) is 10.2 Å². The molecule has 17 heavy (non-hydrogen) atoms. The zero-order chi connectivity index (χ0) is 11.9. The Morgan fingerprint density at radius 1 is 1.35 bits per heavy atom. The fourth-order valence-corrected chi connectivity index (χ4v) is 1.97. The van der Waals surface area contributed by atoms with Crippen molar-refractivity contribution in [2.24, 2.45) is 0 Å². The van der Waals surface area contributed by atoms with Gasteiger partial charge in [-0.2, -0.15) is 0 Å². The predicted octanol–water partition coefficient (Wildman–Crippen LogP) is 1.66. The summed E-state index contributed by atoms with van der Waals surface area (Å²) in [5.41, 5.74) is 1.29. The Kier molecular flexibility index (Phi) is 4.45. The van der Waals surface area contributed by atoms with Gasteiger partial charge >= 0.3 is 0 Å². The van der Waals surface area contributed by atoms with Gasteiger partial charge in [0.1, 0.15) is 5.75 Å². The van der Waals surface area contributed by atoms with E-state index in [-0.39, 0.29) is 0 Å². The van der Waals surface area contributed by atoms with E-state index in [1.165, 1.54) is 5.56 Å². The molecule has 1 N–H and O–H groups in total. The SMILES string of the molecule is COc1cccc(C/C=C/N2CCNCC2)c1. The normalized spacial score (nSPS) is 16.4. The number of benzene rings is 1. The van der Waals surface area contributed by atoms with Gasteiger partial charge < -0.3 is 15.0 Å². The third-order valence-corrected chi connectivity index (χ3v) is 2.96. The number of hydrogen-bond donors (Lipinski definition) is 1. The van der Waals surface area contributed by atoms with Crippen LogP contribution in [0.15, 0.2) is 36.5 Å². The molecule has 3 heteroatoms. The molecule has 92 valence electrons. The molecule has 0 aromatic heterocycles. The van der Waals surface area contributed by atoms with Crippen LogP contribution in [0.5, 0.6) is 5.75 Å². The maximum Gasteiger partial charge on any atom is 0.119 e. The van der Waals surface area contributed by atoms with Gasteiger partial charge in [0.05, 0.1) is 7.11 Å². The highest BCUT2D eigenvalue weighted by Gasteiger charge is 2.03. The maximum atomic E-state index is 5.21. The number of hydrogen-bond acceptors (Lipinski definition) is 3. The molecule has 0 spiro atoms. The van der Waals surface area contributed by atoms with Crippen LogP contribution in [0.25, 0.3) is 0 Å². The van der Waals surface area contributed by atoms with Gasteiger partial charge in [0.2, 0.25) is 0 Å². The summed E-state index contributed by atoms with van der Waals surface area (Å²) in [7, 11) is 1.70. The zero-order valence-corrected chi connectivity index (χ0v) is 10.4. The van der Waals surface area contributed by atoms with Crippen molar-refractivity contribution < 1.29 is 4.74 Å². The van der Waals surface area contributed by atoms with E-state index in [0.29, 0.717) is 0 Å². The van der Waals surface area contributed by atoms with Gasteiger partial charge in [0.15, 0.2) is 0 Å². The smallest absolute Gasteiger partial charge is 0.119 e. The van der Waals surface area contributed by atoms with Crippen molar-refractivity contribution in [2.45, 2.75) is 6.42 Å². The van der Waals surface area contributed by atoms with Crippen LogP contribution in [-0.4, -0.2) is 38.2 Å². The van der Waals surface area contributed by atoms with Crippen molar-refractivity contribution in [1.29, 1.82) is 0 Å². The van der Waals surface area contributed by atoms with Gasteiger partial charge in [0, 0.05) is 26.2 Å². The minimum Gasteiger partial charge on any atom is -0.497 e. The minimum absolute atomic E-state index is 0.929. The van der Waals surface area contributed by atoms with Crippen LogP contribution < -0.4 is 10.1 Å². The van der Waals surface area contributed by atoms with E-state index in [1.54, 1.807) is 7.11 Å². The Balaban J connectivity index is 1.85. The van der Waals surface area contributed by atoms with Gasteiger partial charge in [-0.1, -0.05) is 18.2 Å². The van der Waals surface area contributed by atoms with Crippen molar-refractivity contribution >= 4 is 0 Å². The lowest BCUT2D eigenvalue weighted by molar-refractivity contribution is 0.323. The molecule has 1 aliphatic heterocycles. The molecule has 1 heterocycles. The van der Waals surface area contributed by atoms with Crippen LogP contribution in [0.1, 0.15) is 5.56 Å². The third kappa shape index (κ3) is 3.79. The Morgan fingerprint density at radius 3 is 2.94 bits per heavy atom. The second kappa shape index (κ2) is 6.30. The van der Waals surface area contributed by atoms with Gasteiger partial charge in [-0.3, -0.25) is 0 Å². The van der Waals surface area contributed by atoms with E-state index in [4.69, 9.17) is 4.74 Å². The first kappa shape index (κ1) is 12.0. The van der Waals surface area contributed by atoms with Crippen LogP contribution in [-0.2, 0) is 6.42 Å². The second-order valence-electron chi connectivity index (χ2n) is 4.23.